The van der Waals surface area contributed by atoms with E-state index in [-0.39, 0.29) is 10.8 Å². The van der Waals surface area contributed by atoms with Crippen molar-refractivity contribution >= 4 is 10.1 Å². The van der Waals surface area contributed by atoms with Crippen LogP contribution in [-0.4, -0.2) is 23.7 Å². The van der Waals surface area contributed by atoms with E-state index in [0.717, 1.165) is 5.56 Å². The summed E-state index contributed by atoms with van der Waals surface area (Å²) in [5, 5.41) is 9.70. The molecule has 1 aliphatic carbocycles. The van der Waals surface area contributed by atoms with Crippen LogP contribution in [-0.2, 0) is 10.1 Å². The van der Waals surface area contributed by atoms with Crippen molar-refractivity contribution in [2.45, 2.75) is 43.1 Å². The molecule has 0 amide bonds. The fraction of sp³-hybridized carbons (Fsp3) is 0.500. The van der Waals surface area contributed by atoms with Crippen LogP contribution in [0.3, 0.4) is 0 Å². The minimum absolute atomic E-state index is 0.00169. The van der Waals surface area contributed by atoms with Crippen molar-refractivity contribution in [3.05, 3.63) is 29.3 Å². The highest BCUT2D eigenvalue weighted by molar-refractivity contribution is 7.85. The van der Waals surface area contributed by atoms with Crippen molar-refractivity contribution in [3.63, 3.8) is 0 Å². The van der Waals surface area contributed by atoms with Gasteiger partial charge in [-0.1, -0.05) is 17.7 Å². The minimum Gasteiger partial charge on any atom is -0.390 e. The lowest BCUT2D eigenvalue weighted by molar-refractivity contribution is -0.0320. The molecule has 0 saturated heterocycles. The third kappa shape index (κ3) is 2.51. The van der Waals surface area contributed by atoms with Crippen molar-refractivity contribution in [2.24, 2.45) is 0 Å². The Morgan fingerprint density at radius 2 is 1.94 bits per heavy atom. The third-order valence-corrected chi connectivity index (χ3v) is 4.18. The number of hydrogen-bond acceptors (Lipinski definition) is 3. The maximum atomic E-state index is 11.3. The van der Waals surface area contributed by atoms with Gasteiger partial charge in [0.25, 0.3) is 10.1 Å². The lowest BCUT2D eigenvalue weighted by atomic mass is 9.69. The summed E-state index contributed by atoms with van der Waals surface area (Å²) in [4.78, 5) is -0.0383. The molecule has 1 fully saturated rings. The first-order valence-corrected chi connectivity index (χ1v) is 6.93. The molecule has 5 heteroatoms. The molecule has 0 unspecified atom stereocenters. The topological polar surface area (TPSA) is 74.6 Å². The van der Waals surface area contributed by atoms with Crippen LogP contribution in [0.4, 0.5) is 0 Å². The van der Waals surface area contributed by atoms with Crippen LogP contribution < -0.4 is 0 Å². The smallest absolute Gasteiger partial charge is 0.294 e. The molecule has 17 heavy (non-hydrogen) atoms. The van der Waals surface area contributed by atoms with Gasteiger partial charge in [0.2, 0.25) is 0 Å². The molecule has 0 atom stereocenters. The first kappa shape index (κ1) is 12.5. The number of hydrogen-bond donors (Lipinski definition) is 2. The first-order chi connectivity index (χ1) is 7.69. The van der Waals surface area contributed by atoms with Gasteiger partial charge in [0, 0.05) is 0 Å². The Morgan fingerprint density at radius 1 is 1.35 bits per heavy atom. The van der Waals surface area contributed by atoms with Gasteiger partial charge in [-0.15, -0.1) is 0 Å². The van der Waals surface area contributed by atoms with E-state index in [1.807, 2.05) is 6.92 Å². The molecule has 1 saturated carbocycles. The summed E-state index contributed by atoms with van der Waals surface area (Å²) < 4.78 is 31.7. The zero-order valence-electron chi connectivity index (χ0n) is 9.84. The van der Waals surface area contributed by atoms with Crippen LogP contribution >= 0.6 is 0 Å². The maximum absolute atomic E-state index is 11.3. The molecule has 2 N–H and O–H groups in total. The molecular formula is C12H16O4S. The molecule has 0 aliphatic heterocycles. The van der Waals surface area contributed by atoms with E-state index in [2.05, 4.69) is 0 Å². The molecule has 0 spiro atoms. The van der Waals surface area contributed by atoms with Crippen molar-refractivity contribution in [1.29, 1.82) is 0 Å². The SMILES string of the molecule is Cc1ccc(S(=O)(=O)O)c(C2CC(C)(O)C2)c1. The summed E-state index contributed by atoms with van der Waals surface area (Å²) >= 11 is 0. The van der Waals surface area contributed by atoms with Gasteiger partial charge in [-0.3, -0.25) is 4.55 Å². The standard InChI is InChI=1S/C12H16O4S/c1-8-3-4-11(17(14,15)16)10(5-8)9-6-12(2,13)7-9/h3-5,9,13H,6-7H2,1-2H3,(H,14,15,16). The molecule has 0 bridgehead atoms. The molecule has 94 valence electrons. The maximum Gasteiger partial charge on any atom is 0.294 e. The molecule has 2 rings (SSSR count). The third-order valence-electron chi connectivity index (χ3n) is 3.26. The highest BCUT2D eigenvalue weighted by atomic mass is 32.2. The van der Waals surface area contributed by atoms with E-state index in [1.54, 1.807) is 19.1 Å². The quantitative estimate of drug-likeness (QED) is 0.792. The second-order valence-corrected chi connectivity index (χ2v) is 6.51. The Balaban J connectivity index is 2.43. The van der Waals surface area contributed by atoms with Gasteiger partial charge >= 0.3 is 0 Å². The molecular weight excluding hydrogens is 240 g/mol. The van der Waals surface area contributed by atoms with Gasteiger partial charge in [0.05, 0.1) is 10.5 Å². The van der Waals surface area contributed by atoms with Crippen molar-refractivity contribution < 1.29 is 18.1 Å². The summed E-state index contributed by atoms with van der Waals surface area (Å²) in [6.45, 7) is 3.60. The Labute approximate surface area is 101 Å². The number of aliphatic hydroxyl groups is 1. The van der Waals surface area contributed by atoms with Crippen LogP contribution in [0.1, 0.15) is 36.8 Å². The van der Waals surface area contributed by atoms with Gasteiger partial charge in [-0.2, -0.15) is 8.42 Å². The van der Waals surface area contributed by atoms with Crippen LogP contribution in [0.25, 0.3) is 0 Å². The largest absolute Gasteiger partial charge is 0.390 e. The average Bonchev–Trinajstić information content (AvgIpc) is 2.11. The second kappa shape index (κ2) is 3.80. The van der Waals surface area contributed by atoms with E-state index >= 15 is 0 Å². The van der Waals surface area contributed by atoms with Gasteiger partial charge < -0.3 is 5.11 Å². The second-order valence-electron chi connectivity index (χ2n) is 5.12. The Hall–Kier alpha value is -0.910. The molecule has 1 aromatic carbocycles. The normalized spacial score (nSPS) is 28.8. The summed E-state index contributed by atoms with van der Waals surface area (Å²) in [6.07, 6.45) is 1.05. The lowest BCUT2D eigenvalue weighted by Gasteiger charge is -2.41. The predicted octanol–water partition coefficient (Wildman–Crippen LogP) is 1.87. The molecule has 1 aromatic rings. The summed E-state index contributed by atoms with van der Waals surface area (Å²) in [7, 11) is -4.19. The van der Waals surface area contributed by atoms with Crippen LogP contribution in [0.5, 0.6) is 0 Å². The Bertz CT molecular complexity index is 538. The molecule has 0 heterocycles. The van der Waals surface area contributed by atoms with Crippen molar-refractivity contribution in [2.75, 3.05) is 0 Å². The minimum atomic E-state index is -4.19. The van der Waals surface area contributed by atoms with Crippen molar-refractivity contribution in [3.8, 4) is 0 Å². The zero-order valence-corrected chi connectivity index (χ0v) is 10.7. The highest BCUT2D eigenvalue weighted by Gasteiger charge is 2.41. The van der Waals surface area contributed by atoms with E-state index in [1.165, 1.54) is 6.07 Å². The molecule has 0 radical (unpaired) electrons. The molecule has 0 aromatic heterocycles. The Morgan fingerprint density at radius 3 is 2.41 bits per heavy atom. The monoisotopic (exact) mass is 256 g/mol. The van der Waals surface area contributed by atoms with Crippen LogP contribution in [0.15, 0.2) is 23.1 Å². The van der Waals surface area contributed by atoms with Gasteiger partial charge in [0.1, 0.15) is 0 Å². The van der Waals surface area contributed by atoms with Gasteiger partial charge in [0.15, 0.2) is 0 Å². The van der Waals surface area contributed by atoms with Crippen LogP contribution in [0, 0.1) is 6.92 Å². The van der Waals surface area contributed by atoms with Crippen LogP contribution in [0.2, 0.25) is 0 Å². The van der Waals surface area contributed by atoms with Crippen molar-refractivity contribution in [1.82, 2.24) is 0 Å². The Kier molecular flexibility index (Phi) is 2.80. The summed E-state index contributed by atoms with van der Waals surface area (Å²) in [6, 6.07) is 4.85. The molecule has 1 aliphatic rings. The number of benzene rings is 1. The van der Waals surface area contributed by atoms with E-state index in [4.69, 9.17) is 4.55 Å². The number of rotatable bonds is 2. The lowest BCUT2D eigenvalue weighted by Crippen LogP contribution is -2.39. The summed E-state index contributed by atoms with van der Waals surface area (Å²) in [5.74, 6) is 0.00169. The highest BCUT2D eigenvalue weighted by Crippen LogP contribution is 2.46. The van der Waals surface area contributed by atoms with E-state index in [0.29, 0.717) is 18.4 Å². The van der Waals surface area contributed by atoms with E-state index < -0.39 is 15.7 Å². The van der Waals surface area contributed by atoms with Gasteiger partial charge in [-0.25, -0.2) is 0 Å². The molecule has 4 nitrogen and oxygen atoms in total. The predicted molar refractivity (Wildman–Crippen MR) is 63.6 cm³/mol. The zero-order chi connectivity index (χ0) is 12.8. The first-order valence-electron chi connectivity index (χ1n) is 5.49. The average molecular weight is 256 g/mol. The summed E-state index contributed by atoms with van der Waals surface area (Å²) in [5.41, 5.74) is 0.836. The van der Waals surface area contributed by atoms with E-state index in [9.17, 15) is 13.5 Å². The van der Waals surface area contributed by atoms with Gasteiger partial charge in [-0.05, 0) is 44.2 Å². The fourth-order valence-electron chi connectivity index (χ4n) is 2.44. The fourth-order valence-corrected chi connectivity index (χ4v) is 3.21. The number of aryl methyl sites for hydroxylation is 1.